The number of aryl methyl sites for hydroxylation is 1. The predicted molar refractivity (Wildman–Crippen MR) is 58.8 cm³/mol. The summed E-state index contributed by atoms with van der Waals surface area (Å²) in [6.07, 6.45) is -2.80. The van der Waals surface area contributed by atoms with Crippen LogP contribution in [0.25, 0.3) is 0 Å². The minimum Gasteiger partial charge on any atom is -0.469 e. The zero-order valence-electron chi connectivity index (χ0n) is 10.2. The normalized spacial score (nSPS) is 11.6. The number of amides is 1. The molecule has 0 bridgehead atoms. The first kappa shape index (κ1) is 14.6. The van der Waals surface area contributed by atoms with Crippen LogP contribution < -0.4 is 5.32 Å². The molecule has 0 atom stereocenters. The molecule has 0 aromatic carbocycles. The minimum absolute atomic E-state index is 0.314. The van der Waals surface area contributed by atoms with Crippen molar-refractivity contribution in [3.05, 3.63) is 23.7 Å². The molecule has 1 N–H and O–H groups in total. The summed E-state index contributed by atoms with van der Waals surface area (Å²) in [5, 5.41) is 2.06. The zero-order chi connectivity index (χ0) is 13.8. The smallest absolute Gasteiger partial charge is 0.401 e. The Bertz CT molecular complexity index is 401. The fraction of sp³-hybridized carbons (Fsp3) is 0.545. The van der Waals surface area contributed by atoms with Crippen LogP contribution in [0, 0.1) is 6.92 Å². The van der Waals surface area contributed by atoms with E-state index in [4.69, 9.17) is 4.42 Å². The number of hydrogen-bond acceptors (Lipinski definition) is 3. The van der Waals surface area contributed by atoms with Crippen molar-refractivity contribution in [1.82, 2.24) is 10.2 Å². The van der Waals surface area contributed by atoms with Crippen molar-refractivity contribution in [1.29, 1.82) is 0 Å². The lowest BCUT2D eigenvalue weighted by Crippen LogP contribution is -2.38. The van der Waals surface area contributed by atoms with E-state index in [9.17, 15) is 18.0 Å². The van der Waals surface area contributed by atoms with E-state index in [2.05, 4.69) is 5.32 Å². The minimum atomic E-state index is -4.31. The monoisotopic (exact) mass is 264 g/mol. The van der Waals surface area contributed by atoms with Gasteiger partial charge in [-0.1, -0.05) is 0 Å². The first-order valence-corrected chi connectivity index (χ1v) is 5.34. The van der Waals surface area contributed by atoms with Crippen LogP contribution in [-0.2, 0) is 11.3 Å². The van der Waals surface area contributed by atoms with Gasteiger partial charge in [-0.2, -0.15) is 13.2 Å². The fourth-order valence-electron chi connectivity index (χ4n) is 1.37. The van der Waals surface area contributed by atoms with Gasteiger partial charge in [0.1, 0.15) is 5.76 Å². The number of nitrogens with zero attached hydrogens (tertiary/aromatic N) is 1. The lowest BCUT2D eigenvalue weighted by Gasteiger charge is -2.17. The Balaban J connectivity index is 2.36. The van der Waals surface area contributed by atoms with Crippen molar-refractivity contribution < 1.29 is 22.4 Å². The number of hydrogen-bond donors (Lipinski definition) is 1. The molecule has 0 saturated heterocycles. The van der Waals surface area contributed by atoms with Gasteiger partial charge in [-0.3, -0.25) is 4.79 Å². The number of alkyl halides is 3. The van der Waals surface area contributed by atoms with Crippen LogP contribution >= 0.6 is 0 Å². The summed E-state index contributed by atoms with van der Waals surface area (Å²) in [6, 6.07) is 1.72. The summed E-state index contributed by atoms with van der Waals surface area (Å²) in [5.74, 6) is 0.290. The number of halogens is 3. The first-order valence-electron chi connectivity index (χ1n) is 5.34. The Labute approximate surface area is 103 Å². The molecule has 7 heteroatoms. The topological polar surface area (TPSA) is 45.5 Å². The Morgan fingerprint density at radius 1 is 1.50 bits per heavy atom. The SMILES string of the molecule is Cc1occc1CN(C)C(=O)CNCC(F)(F)F. The molecule has 1 rings (SSSR count). The zero-order valence-corrected chi connectivity index (χ0v) is 10.2. The molecular weight excluding hydrogens is 249 g/mol. The molecule has 0 saturated carbocycles. The summed E-state index contributed by atoms with van der Waals surface area (Å²) >= 11 is 0. The molecule has 1 aromatic rings. The van der Waals surface area contributed by atoms with Crippen LogP contribution in [-0.4, -0.2) is 37.1 Å². The molecule has 0 fully saturated rings. The number of likely N-dealkylation sites (N-methyl/N-ethyl adjacent to an activating group) is 1. The van der Waals surface area contributed by atoms with Gasteiger partial charge in [0.15, 0.2) is 0 Å². The van der Waals surface area contributed by atoms with E-state index in [-0.39, 0.29) is 6.54 Å². The van der Waals surface area contributed by atoms with E-state index in [1.165, 1.54) is 18.2 Å². The number of rotatable bonds is 5. The maximum Gasteiger partial charge on any atom is 0.401 e. The maximum absolute atomic E-state index is 11.9. The second-order valence-electron chi connectivity index (χ2n) is 3.97. The van der Waals surface area contributed by atoms with Gasteiger partial charge in [-0.05, 0) is 13.0 Å². The Morgan fingerprint density at radius 2 is 2.17 bits per heavy atom. The van der Waals surface area contributed by atoms with E-state index in [0.29, 0.717) is 12.3 Å². The molecule has 0 aliphatic carbocycles. The highest BCUT2D eigenvalue weighted by Gasteiger charge is 2.26. The Kier molecular flexibility index (Phi) is 4.77. The highest BCUT2D eigenvalue weighted by Crippen LogP contribution is 2.12. The van der Waals surface area contributed by atoms with Gasteiger partial charge in [0.25, 0.3) is 0 Å². The van der Waals surface area contributed by atoms with Crippen LogP contribution in [0.5, 0.6) is 0 Å². The standard InChI is InChI=1S/C11H15F3N2O2/c1-8-9(3-4-18-8)6-16(2)10(17)5-15-7-11(12,13)14/h3-4,15H,5-7H2,1-2H3. The lowest BCUT2D eigenvalue weighted by molar-refractivity contribution is -0.133. The molecule has 1 heterocycles. The van der Waals surface area contributed by atoms with Gasteiger partial charge in [-0.15, -0.1) is 0 Å². The second kappa shape index (κ2) is 5.90. The Hall–Kier alpha value is -1.50. The number of nitrogens with one attached hydrogen (secondary N) is 1. The highest BCUT2D eigenvalue weighted by atomic mass is 19.4. The predicted octanol–water partition coefficient (Wildman–Crippen LogP) is 1.70. The van der Waals surface area contributed by atoms with Crippen molar-refractivity contribution in [2.24, 2.45) is 0 Å². The summed E-state index contributed by atoms with van der Waals surface area (Å²) in [6.45, 7) is 0.564. The van der Waals surface area contributed by atoms with Crippen LogP contribution in [0.15, 0.2) is 16.7 Å². The van der Waals surface area contributed by atoms with Gasteiger partial charge in [0, 0.05) is 19.2 Å². The number of furan rings is 1. The van der Waals surface area contributed by atoms with Crippen LogP contribution in [0.1, 0.15) is 11.3 Å². The lowest BCUT2D eigenvalue weighted by atomic mass is 10.2. The molecule has 102 valence electrons. The average molecular weight is 264 g/mol. The maximum atomic E-state index is 11.9. The summed E-state index contributed by atoms with van der Waals surface area (Å²) in [5.41, 5.74) is 0.835. The van der Waals surface area contributed by atoms with Crippen LogP contribution in [0.3, 0.4) is 0 Å². The third-order valence-corrected chi connectivity index (χ3v) is 2.40. The van der Waals surface area contributed by atoms with Crippen molar-refractivity contribution in [3.8, 4) is 0 Å². The van der Waals surface area contributed by atoms with Gasteiger partial charge in [0.05, 0.1) is 19.4 Å². The summed E-state index contributed by atoms with van der Waals surface area (Å²) < 4.78 is 40.7. The van der Waals surface area contributed by atoms with Gasteiger partial charge in [0.2, 0.25) is 5.91 Å². The van der Waals surface area contributed by atoms with Crippen molar-refractivity contribution in [2.45, 2.75) is 19.6 Å². The van der Waals surface area contributed by atoms with E-state index in [1.54, 1.807) is 13.0 Å². The molecule has 0 radical (unpaired) electrons. The average Bonchev–Trinajstić information content (AvgIpc) is 2.62. The van der Waals surface area contributed by atoms with E-state index >= 15 is 0 Å². The molecule has 4 nitrogen and oxygen atoms in total. The third-order valence-electron chi connectivity index (χ3n) is 2.40. The quantitative estimate of drug-likeness (QED) is 0.880. The third kappa shape index (κ3) is 4.79. The van der Waals surface area contributed by atoms with E-state index in [1.807, 2.05) is 0 Å². The summed E-state index contributed by atoms with van der Waals surface area (Å²) in [7, 11) is 1.53. The highest BCUT2D eigenvalue weighted by molar-refractivity contribution is 5.77. The Morgan fingerprint density at radius 3 is 2.67 bits per heavy atom. The summed E-state index contributed by atoms with van der Waals surface area (Å²) in [4.78, 5) is 12.9. The van der Waals surface area contributed by atoms with Gasteiger partial charge >= 0.3 is 6.18 Å². The van der Waals surface area contributed by atoms with Crippen LogP contribution in [0.4, 0.5) is 13.2 Å². The first-order chi connectivity index (χ1) is 8.29. The molecule has 0 aliphatic heterocycles. The van der Waals surface area contributed by atoms with Gasteiger partial charge in [-0.25, -0.2) is 0 Å². The molecule has 0 aliphatic rings. The van der Waals surface area contributed by atoms with Crippen molar-refractivity contribution >= 4 is 5.91 Å². The molecule has 0 spiro atoms. The number of carbonyl (C=O) groups excluding carboxylic acids is 1. The largest absolute Gasteiger partial charge is 0.469 e. The fourth-order valence-corrected chi connectivity index (χ4v) is 1.37. The number of carbonyl (C=O) groups is 1. The van der Waals surface area contributed by atoms with Gasteiger partial charge < -0.3 is 14.6 Å². The van der Waals surface area contributed by atoms with E-state index < -0.39 is 18.6 Å². The van der Waals surface area contributed by atoms with E-state index in [0.717, 1.165) is 5.56 Å². The second-order valence-corrected chi connectivity index (χ2v) is 3.97. The van der Waals surface area contributed by atoms with Crippen LogP contribution in [0.2, 0.25) is 0 Å². The molecule has 1 amide bonds. The van der Waals surface area contributed by atoms with Crippen molar-refractivity contribution in [2.75, 3.05) is 20.1 Å². The molecule has 1 aromatic heterocycles. The van der Waals surface area contributed by atoms with Crippen molar-refractivity contribution in [3.63, 3.8) is 0 Å². The molecule has 18 heavy (non-hydrogen) atoms. The molecular formula is C11H15F3N2O2. The molecule has 0 unspecified atom stereocenters.